The largest absolute Gasteiger partial charge is 0.382 e. The molecule has 0 unspecified atom stereocenters. The fourth-order valence-electron chi connectivity index (χ4n) is 1.70. The molecule has 1 aromatic rings. The number of para-hydroxylation sites is 1. The lowest BCUT2D eigenvalue weighted by molar-refractivity contribution is 0.921. The smallest absolute Gasteiger partial charge is 0.0623 e. The van der Waals surface area contributed by atoms with E-state index in [4.69, 9.17) is 0 Å². The third kappa shape index (κ3) is 1.29. The van der Waals surface area contributed by atoms with E-state index in [1.54, 1.807) is 0 Å². The summed E-state index contributed by atoms with van der Waals surface area (Å²) in [6.07, 6.45) is 2.74. The molecule has 0 atom stereocenters. The SMILES string of the molecule is Brc1cccc2c1NCC1(CC1)S2. The highest BCUT2D eigenvalue weighted by Crippen LogP contribution is 2.56. The van der Waals surface area contributed by atoms with Crippen LogP contribution in [0, 0.1) is 0 Å². The normalized spacial score (nSPS) is 22.2. The molecule has 3 heteroatoms. The number of hydrogen-bond donors (Lipinski definition) is 1. The second-order valence-electron chi connectivity index (χ2n) is 3.75. The van der Waals surface area contributed by atoms with Crippen LogP contribution < -0.4 is 5.32 Å². The van der Waals surface area contributed by atoms with Crippen LogP contribution in [0.1, 0.15) is 12.8 Å². The average molecular weight is 256 g/mol. The molecule has 1 aromatic carbocycles. The zero-order valence-electron chi connectivity index (χ0n) is 7.14. The fourth-order valence-corrected chi connectivity index (χ4v) is 3.68. The summed E-state index contributed by atoms with van der Waals surface area (Å²) in [4.78, 5) is 1.40. The van der Waals surface area contributed by atoms with Crippen molar-refractivity contribution in [3.05, 3.63) is 22.7 Å². The van der Waals surface area contributed by atoms with Crippen LogP contribution in [0.4, 0.5) is 5.69 Å². The first-order valence-corrected chi connectivity index (χ1v) is 6.11. The Morgan fingerprint density at radius 1 is 1.38 bits per heavy atom. The second-order valence-corrected chi connectivity index (χ2v) is 6.12. The first-order chi connectivity index (χ1) is 6.29. The zero-order valence-corrected chi connectivity index (χ0v) is 9.54. The standard InChI is InChI=1S/C10H10BrNS/c11-7-2-1-3-8-9(7)12-6-10(13-8)4-5-10/h1-3,12H,4-6H2. The molecule has 3 rings (SSSR count). The van der Waals surface area contributed by atoms with Crippen LogP contribution in [0.15, 0.2) is 27.6 Å². The van der Waals surface area contributed by atoms with Crippen LogP contribution in [-0.2, 0) is 0 Å². The van der Waals surface area contributed by atoms with Crippen molar-refractivity contribution in [1.29, 1.82) is 0 Å². The molecule has 0 saturated heterocycles. The maximum absolute atomic E-state index is 3.56. The van der Waals surface area contributed by atoms with Crippen molar-refractivity contribution in [2.45, 2.75) is 22.5 Å². The van der Waals surface area contributed by atoms with Crippen LogP contribution >= 0.6 is 27.7 Å². The van der Waals surface area contributed by atoms with E-state index in [0.717, 1.165) is 6.54 Å². The van der Waals surface area contributed by atoms with Gasteiger partial charge in [-0.15, -0.1) is 11.8 Å². The van der Waals surface area contributed by atoms with E-state index in [-0.39, 0.29) is 0 Å². The predicted molar refractivity (Wildman–Crippen MR) is 60.5 cm³/mol. The molecular weight excluding hydrogens is 246 g/mol. The minimum absolute atomic E-state index is 0.549. The van der Waals surface area contributed by atoms with Gasteiger partial charge in [0.25, 0.3) is 0 Å². The molecule has 1 nitrogen and oxygen atoms in total. The van der Waals surface area contributed by atoms with E-state index in [2.05, 4.69) is 39.4 Å². The summed E-state index contributed by atoms with van der Waals surface area (Å²) < 4.78 is 1.74. The third-order valence-electron chi connectivity index (χ3n) is 2.70. The van der Waals surface area contributed by atoms with E-state index in [9.17, 15) is 0 Å². The molecule has 1 aliphatic heterocycles. The van der Waals surface area contributed by atoms with Gasteiger partial charge in [0.15, 0.2) is 0 Å². The summed E-state index contributed by atoms with van der Waals surface area (Å²) in [7, 11) is 0. The number of benzene rings is 1. The maximum Gasteiger partial charge on any atom is 0.0623 e. The minimum atomic E-state index is 0.549. The van der Waals surface area contributed by atoms with Crippen LogP contribution in [-0.4, -0.2) is 11.3 Å². The number of hydrogen-bond acceptors (Lipinski definition) is 2. The molecule has 1 heterocycles. The number of fused-ring (bicyclic) bond motifs is 1. The molecule has 1 fully saturated rings. The molecule has 0 bridgehead atoms. The number of thioether (sulfide) groups is 1. The van der Waals surface area contributed by atoms with Crippen LogP contribution in [0.25, 0.3) is 0 Å². The molecule has 13 heavy (non-hydrogen) atoms. The summed E-state index contributed by atoms with van der Waals surface area (Å²) in [5, 5.41) is 3.52. The molecule has 1 saturated carbocycles. The van der Waals surface area contributed by atoms with Crippen molar-refractivity contribution in [3.8, 4) is 0 Å². The zero-order chi connectivity index (χ0) is 8.89. The van der Waals surface area contributed by atoms with Gasteiger partial charge in [0.1, 0.15) is 0 Å². The monoisotopic (exact) mass is 255 g/mol. The summed E-state index contributed by atoms with van der Waals surface area (Å²) in [5.41, 5.74) is 1.28. The fraction of sp³-hybridized carbons (Fsp3) is 0.400. The van der Waals surface area contributed by atoms with Crippen molar-refractivity contribution in [3.63, 3.8) is 0 Å². The Hall–Kier alpha value is -0.150. The Morgan fingerprint density at radius 2 is 2.23 bits per heavy atom. The number of halogens is 1. The molecular formula is C10H10BrNS. The second kappa shape index (κ2) is 2.67. The van der Waals surface area contributed by atoms with Gasteiger partial charge in [-0.2, -0.15) is 0 Å². The lowest BCUT2D eigenvalue weighted by Gasteiger charge is -2.25. The van der Waals surface area contributed by atoms with Gasteiger partial charge in [0.2, 0.25) is 0 Å². The Labute approximate surface area is 90.4 Å². The Kier molecular flexibility index (Phi) is 1.68. The molecule has 1 aliphatic carbocycles. The van der Waals surface area contributed by atoms with Crippen molar-refractivity contribution in [2.75, 3.05) is 11.9 Å². The molecule has 2 aliphatic rings. The summed E-state index contributed by atoms with van der Waals surface area (Å²) in [6, 6.07) is 6.41. The lowest BCUT2D eigenvalue weighted by Crippen LogP contribution is -2.22. The highest BCUT2D eigenvalue weighted by Gasteiger charge is 2.46. The van der Waals surface area contributed by atoms with Crippen LogP contribution in [0.2, 0.25) is 0 Å². The summed E-state index contributed by atoms with van der Waals surface area (Å²) in [5.74, 6) is 0. The molecule has 1 spiro atoms. The molecule has 0 aromatic heterocycles. The van der Waals surface area contributed by atoms with Gasteiger partial charge in [0.05, 0.1) is 5.69 Å². The third-order valence-corrected chi connectivity index (χ3v) is 4.90. The van der Waals surface area contributed by atoms with Crippen LogP contribution in [0.3, 0.4) is 0 Å². The van der Waals surface area contributed by atoms with Gasteiger partial charge in [-0.05, 0) is 40.9 Å². The van der Waals surface area contributed by atoms with Crippen molar-refractivity contribution < 1.29 is 0 Å². The first-order valence-electron chi connectivity index (χ1n) is 4.51. The Bertz CT molecular complexity index is 360. The molecule has 1 N–H and O–H groups in total. The van der Waals surface area contributed by atoms with Crippen molar-refractivity contribution >= 4 is 33.4 Å². The van der Waals surface area contributed by atoms with Crippen molar-refractivity contribution in [2.24, 2.45) is 0 Å². The summed E-state index contributed by atoms with van der Waals surface area (Å²) >= 11 is 5.61. The van der Waals surface area contributed by atoms with Gasteiger partial charge in [-0.25, -0.2) is 0 Å². The van der Waals surface area contributed by atoms with E-state index >= 15 is 0 Å². The van der Waals surface area contributed by atoms with E-state index < -0.39 is 0 Å². The molecule has 0 amide bonds. The Balaban J connectivity index is 2.05. The van der Waals surface area contributed by atoms with Gasteiger partial charge in [-0.1, -0.05) is 6.07 Å². The lowest BCUT2D eigenvalue weighted by atomic mass is 10.3. The van der Waals surface area contributed by atoms with Gasteiger partial charge in [-0.3, -0.25) is 0 Å². The van der Waals surface area contributed by atoms with E-state index in [1.165, 1.54) is 27.9 Å². The molecule has 0 radical (unpaired) electrons. The quantitative estimate of drug-likeness (QED) is 0.762. The first kappa shape index (κ1) is 8.18. The topological polar surface area (TPSA) is 12.0 Å². The highest BCUT2D eigenvalue weighted by molar-refractivity contribution is 9.10. The highest BCUT2D eigenvalue weighted by atomic mass is 79.9. The van der Waals surface area contributed by atoms with Crippen molar-refractivity contribution in [1.82, 2.24) is 0 Å². The van der Waals surface area contributed by atoms with E-state index in [0.29, 0.717) is 4.75 Å². The van der Waals surface area contributed by atoms with Gasteiger partial charge < -0.3 is 5.32 Å². The number of nitrogens with one attached hydrogen (secondary N) is 1. The van der Waals surface area contributed by atoms with Crippen LogP contribution in [0.5, 0.6) is 0 Å². The Morgan fingerprint density at radius 3 is 3.00 bits per heavy atom. The number of anilines is 1. The molecule has 68 valence electrons. The maximum atomic E-state index is 3.56. The minimum Gasteiger partial charge on any atom is -0.382 e. The van der Waals surface area contributed by atoms with E-state index in [1.807, 2.05) is 11.8 Å². The van der Waals surface area contributed by atoms with Gasteiger partial charge >= 0.3 is 0 Å². The summed E-state index contributed by atoms with van der Waals surface area (Å²) in [6.45, 7) is 1.13. The predicted octanol–water partition coefficient (Wildman–Crippen LogP) is 3.50. The number of rotatable bonds is 0. The van der Waals surface area contributed by atoms with Gasteiger partial charge in [0, 0.05) is 20.7 Å². The average Bonchev–Trinajstić information content (AvgIpc) is 2.85.